The molecule has 4 nitrogen and oxygen atoms in total. The Morgan fingerprint density at radius 2 is 1.57 bits per heavy atom. The van der Waals surface area contributed by atoms with Crippen molar-refractivity contribution in [2.24, 2.45) is 5.92 Å². The minimum absolute atomic E-state index is 0.194. The number of alkyl halides is 3. The fourth-order valence-electron chi connectivity index (χ4n) is 4.63. The number of benzene rings is 3. The highest BCUT2D eigenvalue weighted by Gasteiger charge is 2.31. The van der Waals surface area contributed by atoms with Crippen LogP contribution < -0.4 is 4.74 Å². The Balaban J connectivity index is 1.80. The molecule has 3 aromatic carbocycles. The van der Waals surface area contributed by atoms with Gasteiger partial charge in [-0.3, -0.25) is 9.69 Å². The number of carbonyl (C=O) groups is 1. The van der Waals surface area contributed by atoms with Crippen LogP contribution in [-0.2, 0) is 11.0 Å². The maximum Gasteiger partial charge on any atom is 0.416 e. The Bertz CT molecular complexity index is 1220. The second-order valence-corrected chi connectivity index (χ2v) is 9.65. The van der Waals surface area contributed by atoms with E-state index in [2.05, 4.69) is 11.8 Å². The summed E-state index contributed by atoms with van der Waals surface area (Å²) in [4.78, 5) is 13.9. The lowest BCUT2D eigenvalue weighted by atomic mass is 9.90. The molecule has 4 rings (SSSR count). The molecule has 0 amide bonds. The first-order chi connectivity index (χ1) is 17.5. The van der Waals surface area contributed by atoms with Gasteiger partial charge in [-0.1, -0.05) is 31.2 Å². The normalized spacial score (nSPS) is 16.8. The molecule has 37 heavy (non-hydrogen) atoms. The molecule has 1 fully saturated rings. The summed E-state index contributed by atoms with van der Waals surface area (Å²) in [5.41, 5.74) is 1.28. The molecule has 0 bridgehead atoms. The monoisotopic (exact) mass is 515 g/mol. The van der Waals surface area contributed by atoms with Gasteiger partial charge in [-0.05, 0) is 92.4 Å². The summed E-state index contributed by atoms with van der Waals surface area (Å²) in [5, 5.41) is 9.54. The van der Waals surface area contributed by atoms with Gasteiger partial charge in [0.25, 0.3) is 0 Å². The summed E-state index contributed by atoms with van der Waals surface area (Å²) in [6, 6.07) is 15.5. The van der Waals surface area contributed by atoms with Crippen LogP contribution in [-0.4, -0.2) is 29.1 Å². The molecular weight excluding hydrogens is 486 g/mol. The number of hydrogen-bond donors (Lipinski definition) is 1. The van der Waals surface area contributed by atoms with E-state index >= 15 is 0 Å². The second kappa shape index (κ2) is 10.9. The number of piperidine rings is 1. The van der Waals surface area contributed by atoms with Crippen LogP contribution in [0.1, 0.15) is 60.9 Å². The Kier molecular flexibility index (Phi) is 7.87. The fraction of sp³-hybridized carbons (Fsp3) is 0.345. The Morgan fingerprint density at radius 1 is 0.973 bits per heavy atom. The van der Waals surface area contributed by atoms with Gasteiger partial charge >= 0.3 is 12.1 Å². The van der Waals surface area contributed by atoms with Gasteiger partial charge in [-0.15, -0.1) is 0 Å². The third kappa shape index (κ3) is 6.31. The van der Waals surface area contributed by atoms with Gasteiger partial charge in [0.05, 0.1) is 17.5 Å². The molecule has 0 aromatic heterocycles. The van der Waals surface area contributed by atoms with Crippen LogP contribution in [0.15, 0.2) is 66.7 Å². The zero-order chi connectivity index (χ0) is 26.7. The molecule has 1 heterocycles. The van der Waals surface area contributed by atoms with E-state index in [0.29, 0.717) is 17.2 Å². The number of ether oxygens (including phenoxy) is 1. The summed E-state index contributed by atoms with van der Waals surface area (Å²) in [6.07, 6.45) is -2.50. The summed E-state index contributed by atoms with van der Waals surface area (Å²) in [6.45, 7) is 5.36. The molecule has 0 spiro atoms. The second-order valence-electron chi connectivity index (χ2n) is 9.65. The molecular formula is C29H29F4NO3. The van der Waals surface area contributed by atoms with Crippen LogP contribution in [0.2, 0.25) is 0 Å². The molecule has 1 saturated heterocycles. The molecule has 1 aliphatic rings. The van der Waals surface area contributed by atoms with Crippen molar-refractivity contribution in [2.45, 2.75) is 44.8 Å². The Morgan fingerprint density at radius 3 is 2.14 bits per heavy atom. The van der Waals surface area contributed by atoms with Crippen molar-refractivity contribution in [2.75, 3.05) is 13.1 Å². The predicted molar refractivity (Wildman–Crippen MR) is 132 cm³/mol. The lowest BCUT2D eigenvalue weighted by molar-refractivity contribution is -0.138. The van der Waals surface area contributed by atoms with Gasteiger partial charge in [0.1, 0.15) is 17.3 Å². The van der Waals surface area contributed by atoms with Gasteiger partial charge in [0.2, 0.25) is 0 Å². The molecule has 0 saturated carbocycles. The molecule has 2 atom stereocenters. The molecule has 8 heteroatoms. The molecule has 0 aliphatic carbocycles. The predicted octanol–water partition coefficient (Wildman–Crippen LogP) is 7.65. The first kappa shape index (κ1) is 26.7. The summed E-state index contributed by atoms with van der Waals surface area (Å²) >= 11 is 0. The lowest BCUT2D eigenvalue weighted by Gasteiger charge is -2.38. The topological polar surface area (TPSA) is 49.8 Å². The summed E-state index contributed by atoms with van der Waals surface area (Å²) in [5.74, 6) is -1.07. The van der Waals surface area contributed by atoms with E-state index in [4.69, 9.17) is 4.74 Å². The number of halogens is 4. The van der Waals surface area contributed by atoms with Gasteiger partial charge in [-0.2, -0.15) is 13.2 Å². The van der Waals surface area contributed by atoms with Gasteiger partial charge in [0, 0.05) is 5.56 Å². The van der Waals surface area contributed by atoms with Crippen molar-refractivity contribution in [3.63, 3.8) is 0 Å². The quantitative estimate of drug-likeness (QED) is 0.329. The third-order valence-electron chi connectivity index (χ3n) is 6.98. The summed E-state index contributed by atoms with van der Waals surface area (Å²) < 4.78 is 59.1. The van der Waals surface area contributed by atoms with Crippen molar-refractivity contribution in [1.82, 2.24) is 4.90 Å². The number of likely N-dealkylation sites (tertiary alicyclic amines) is 1. The number of carboxylic acids is 1. The maximum atomic E-state index is 13.8. The molecule has 2 unspecified atom stereocenters. The number of rotatable bonds is 7. The first-order valence-corrected chi connectivity index (χ1v) is 12.2. The number of hydrogen-bond acceptors (Lipinski definition) is 3. The fourth-order valence-corrected chi connectivity index (χ4v) is 4.63. The number of aliphatic carboxylic acids is 1. The van der Waals surface area contributed by atoms with E-state index in [1.807, 2.05) is 0 Å². The molecule has 196 valence electrons. The van der Waals surface area contributed by atoms with Crippen molar-refractivity contribution in [3.8, 4) is 11.5 Å². The van der Waals surface area contributed by atoms with Crippen molar-refractivity contribution in [3.05, 3.63) is 94.8 Å². The van der Waals surface area contributed by atoms with Crippen LogP contribution in [0, 0.1) is 11.7 Å². The van der Waals surface area contributed by atoms with Gasteiger partial charge < -0.3 is 9.84 Å². The van der Waals surface area contributed by atoms with Gasteiger partial charge in [0.15, 0.2) is 0 Å². The van der Waals surface area contributed by atoms with Crippen molar-refractivity contribution < 1.29 is 32.2 Å². The minimum Gasteiger partial charge on any atom is -0.481 e. The maximum absolute atomic E-state index is 13.8. The van der Waals surface area contributed by atoms with Crippen LogP contribution in [0.5, 0.6) is 11.5 Å². The third-order valence-corrected chi connectivity index (χ3v) is 6.98. The SMILES string of the molecule is CC1CCN(C(c2ccc(F)cc2)c2ccc(C(C)C(=O)O)cc2Oc2ccc(C(F)(F)F)cc2)CC1. The average Bonchev–Trinajstić information content (AvgIpc) is 2.86. The molecule has 0 radical (unpaired) electrons. The number of nitrogens with zero attached hydrogens (tertiary/aromatic N) is 1. The highest BCUT2D eigenvalue weighted by molar-refractivity contribution is 5.75. The van der Waals surface area contributed by atoms with E-state index < -0.39 is 23.6 Å². The van der Waals surface area contributed by atoms with Crippen LogP contribution in [0.3, 0.4) is 0 Å². The van der Waals surface area contributed by atoms with Crippen LogP contribution in [0.25, 0.3) is 0 Å². The summed E-state index contributed by atoms with van der Waals surface area (Å²) in [7, 11) is 0. The molecule has 1 aliphatic heterocycles. The molecule has 3 aromatic rings. The highest BCUT2D eigenvalue weighted by atomic mass is 19.4. The van der Waals surface area contributed by atoms with Crippen LogP contribution >= 0.6 is 0 Å². The highest BCUT2D eigenvalue weighted by Crippen LogP contribution is 2.41. The van der Waals surface area contributed by atoms with E-state index in [9.17, 15) is 27.5 Å². The molecule has 1 N–H and O–H groups in total. The van der Waals surface area contributed by atoms with E-state index in [0.717, 1.165) is 49.2 Å². The smallest absolute Gasteiger partial charge is 0.416 e. The van der Waals surface area contributed by atoms with E-state index in [-0.39, 0.29) is 17.6 Å². The Hall–Kier alpha value is -3.39. The average molecular weight is 516 g/mol. The van der Waals surface area contributed by atoms with E-state index in [1.165, 1.54) is 24.3 Å². The zero-order valence-corrected chi connectivity index (χ0v) is 20.6. The Labute approximate surface area is 213 Å². The first-order valence-electron chi connectivity index (χ1n) is 12.2. The largest absolute Gasteiger partial charge is 0.481 e. The van der Waals surface area contributed by atoms with Gasteiger partial charge in [-0.25, -0.2) is 4.39 Å². The van der Waals surface area contributed by atoms with Crippen molar-refractivity contribution in [1.29, 1.82) is 0 Å². The van der Waals surface area contributed by atoms with Crippen LogP contribution in [0.4, 0.5) is 17.6 Å². The zero-order valence-electron chi connectivity index (χ0n) is 20.6. The minimum atomic E-state index is -4.47. The van der Waals surface area contributed by atoms with Crippen molar-refractivity contribution >= 4 is 5.97 Å². The number of carboxylic acid groups (broad SMARTS) is 1. The standard InChI is InChI=1S/C29H29F4NO3/c1-18-13-15-34(16-14-18)27(20-3-8-23(30)9-4-20)25-12-5-21(19(2)28(35)36)17-26(25)37-24-10-6-22(7-11-24)29(31,32)33/h3-12,17-19,27H,13-16H2,1-2H3,(H,35,36). The van der Waals surface area contributed by atoms with E-state index in [1.54, 1.807) is 37.3 Å². The lowest BCUT2D eigenvalue weighted by Crippen LogP contribution is -2.37.